The standard InChI is InChI=1S/C13H17Br2F2NO/c1-13(2,3)18-6-8-4-9(14)12(10(15)5-8)19-7-11(16)17/h4-5,11,18H,6-7H2,1-3H3. The molecule has 1 aromatic rings. The fourth-order valence-corrected chi connectivity index (χ4v) is 2.88. The normalized spacial score (nSPS) is 12.0. The maximum Gasteiger partial charge on any atom is 0.272 e. The van der Waals surface area contributed by atoms with E-state index in [1.165, 1.54) is 0 Å². The fraction of sp³-hybridized carbons (Fsp3) is 0.538. The lowest BCUT2D eigenvalue weighted by Crippen LogP contribution is -2.35. The van der Waals surface area contributed by atoms with Gasteiger partial charge in [0, 0.05) is 12.1 Å². The Morgan fingerprint density at radius 1 is 1.21 bits per heavy atom. The molecule has 1 N–H and O–H groups in total. The van der Waals surface area contributed by atoms with Crippen molar-refractivity contribution < 1.29 is 13.5 Å². The van der Waals surface area contributed by atoms with Gasteiger partial charge < -0.3 is 10.1 Å². The second kappa shape index (κ2) is 6.99. The fourth-order valence-electron chi connectivity index (χ4n) is 1.37. The Morgan fingerprint density at radius 2 is 1.74 bits per heavy atom. The third kappa shape index (κ3) is 6.19. The molecular formula is C13H17Br2F2NO. The molecule has 0 spiro atoms. The molecule has 0 atom stereocenters. The maximum absolute atomic E-state index is 12.1. The average Bonchev–Trinajstić information content (AvgIpc) is 2.23. The zero-order valence-corrected chi connectivity index (χ0v) is 14.2. The van der Waals surface area contributed by atoms with Crippen molar-refractivity contribution in [2.24, 2.45) is 0 Å². The summed E-state index contributed by atoms with van der Waals surface area (Å²) in [5, 5.41) is 3.36. The van der Waals surface area contributed by atoms with Gasteiger partial charge in [0.05, 0.1) is 8.95 Å². The molecule has 0 radical (unpaired) electrons. The summed E-state index contributed by atoms with van der Waals surface area (Å²) in [5.74, 6) is 0.403. The molecule has 0 aromatic heterocycles. The van der Waals surface area contributed by atoms with E-state index in [1.54, 1.807) is 0 Å². The lowest BCUT2D eigenvalue weighted by Gasteiger charge is -2.21. The molecule has 1 aromatic carbocycles. The zero-order valence-electron chi connectivity index (χ0n) is 11.1. The van der Waals surface area contributed by atoms with Crippen molar-refractivity contribution in [2.75, 3.05) is 6.61 Å². The van der Waals surface area contributed by atoms with Crippen LogP contribution >= 0.6 is 31.9 Å². The van der Waals surface area contributed by atoms with Gasteiger partial charge in [-0.3, -0.25) is 0 Å². The number of nitrogens with one attached hydrogen (secondary N) is 1. The van der Waals surface area contributed by atoms with E-state index in [2.05, 4.69) is 57.9 Å². The number of hydrogen-bond donors (Lipinski definition) is 1. The molecule has 6 heteroatoms. The molecule has 0 fully saturated rings. The molecule has 0 heterocycles. The highest BCUT2D eigenvalue weighted by atomic mass is 79.9. The smallest absolute Gasteiger partial charge is 0.272 e. The van der Waals surface area contributed by atoms with E-state index in [0.717, 1.165) is 5.56 Å². The van der Waals surface area contributed by atoms with Crippen LogP contribution in [0.1, 0.15) is 26.3 Å². The van der Waals surface area contributed by atoms with E-state index in [9.17, 15) is 8.78 Å². The minimum Gasteiger partial charge on any atom is -0.485 e. The molecule has 0 aliphatic heterocycles. The lowest BCUT2D eigenvalue weighted by atomic mass is 10.1. The van der Waals surface area contributed by atoms with Crippen molar-refractivity contribution in [1.29, 1.82) is 0 Å². The third-order valence-corrected chi connectivity index (χ3v) is 3.41. The van der Waals surface area contributed by atoms with Crippen LogP contribution in [0.3, 0.4) is 0 Å². The highest BCUT2D eigenvalue weighted by Crippen LogP contribution is 2.35. The molecule has 0 aliphatic rings. The Morgan fingerprint density at radius 3 is 2.16 bits per heavy atom. The minimum atomic E-state index is -2.49. The average molecular weight is 401 g/mol. The summed E-state index contributed by atoms with van der Waals surface area (Å²) in [6.45, 7) is 6.32. The van der Waals surface area contributed by atoms with Gasteiger partial charge in [-0.2, -0.15) is 0 Å². The van der Waals surface area contributed by atoms with Gasteiger partial charge in [-0.15, -0.1) is 0 Å². The quantitative estimate of drug-likeness (QED) is 0.770. The molecule has 1 rings (SSSR count). The van der Waals surface area contributed by atoms with E-state index < -0.39 is 13.0 Å². The number of benzene rings is 1. The number of rotatable bonds is 5. The van der Waals surface area contributed by atoms with E-state index in [-0.39, 0.29) is 5.54 Å². The molecule has 0 aliphatic carbocycles. The van der Waals surface area contributed by atoms with Gasteiger partial charge in [0.15, 0.2) is 0 Å². The molecule has 19 heavy (non-hydrogen) atoms. The Hall–Kier alpha value is -0.200. The van der Waals surface area contributed by atoms with Gasteiger partial charge in [-0.25, -0.2) is 8.78 Å². The van der Waals surface area contributed by atoms with Gasteiger partial charge in [-0.1, -0.05) is 0 Å². The maximum atomic E-state index is 12.1. The molecule has 108 valence electrons. The predicted octanol–water partition coefficient (Wildman–Crippen LogP) is 4.74. The van der Waals surface area contributed by atoms with Gasteiger partial charge >= 0.3 is 0 Å². The summed E-state index contributed by atoms with van der Waals surface area (Å²) in [6, 6.07) is 3.73. The summed E-state index contributed by atoms with van der Waals surface area (Å²) in [5.41, 5.74) is 1.06. The first-order valence-corrected chi connectivity index (χ1v) is 7.41. The van der Waals surface area contributed by atoms with E-state index in [0.29, 0.717) is 21.2 Å². The molecule has 0 saturated heterocycles. The van der Waals surface area contributed by atoms with Crippen LogP contribution in [-0.4, -0.2) is 18.6 Å². The number of hydrogen-bond acceptors (Lipinski definition) is 2. The van der Waals surface area contributed by atoms with E-state index in [4.69, 9.17) is 4.74 Å². The molecule has 0 bridgehead atoms. The van der Waals surface area contributed by atoms with Gasteiger partial charge in [0.25, 0.3) is 6.43 Å². The van der Waals surface area contributed by atoms with Gasteiger partial charge in [0.2, 0.25) is 0 Å². The summed E-state index contributed by atoms with van der Waals surface area (Å²) in [6.07, 6.45) is -2.49. The van der Waals surface area contributed by atoms with Gasteiger partial charge in [0.1, 0.15) is 12.4 Å². The minimum absolute atomic E-state index is 0.0177. The Kier molecular flexibility index (Phi) is 6.20. The van der Waals surface area contributed by atoms with Crippen molar-refractivity contribution in [1.82, 2.24) is 5.32 Å². The van der Waals surface area contributed by atoms with Crippen molar-refractivity contribution in [2.45, 2.75) is 39.3 Å². The molecule has 0 unspecified atom stereocenters. The first-order chi connectivity index (χ1) is 8.69. The van der Waals surface area contributed by atoms with Crippen molar-refractivity contribution in [3.05, 3.63) is 26.6 Å². The van der Waals surface area contributed by atoms with E-state index >= 15 is 0 Å². The molecule has 2 nitrogen and oxygen atoms in total. The third-order valence-electron chi connectivity index (χ3n) is 2.23. The van der Waals surface area contributed by atoms with Crippen LogP contribution in [0.5, 0.6) is 5.75 Å². The molecular weight excluding hydrogens is 384 g/mol. The second-order valence-electron chi connectivity index (χ2n) is 5.19. The predicted molar refractivity (Wildman–Crippen MR) is 79.9 cm³/mol. The monoisotopic (exact) mass is 399 g/mol. The van der Waals surface area contributed by atoms with Crippen molar-refractivity contribution >= 4 is 31.9 Å². The van der Waals surface area contributed by atoms with Crippen molar-refractivity contribution in [3.63, 3.8) is 0 Å². The van der Waals surface area contributed by atoms with Crippen LogP contribution < -0.4 is 10.1 Å². The number of alkyl halides is 2. The van der Waals surface area contributed by atoms with Gasteiger partial charge in [-0.05, 0) is 70.3 Å². The largest absolute Gasteiger partial charge is 0.485 e. The molecule has 0 saturated carbocycles. The number of ether oxygens (including phenoxy) is 1. The van der Waals surface area contributed by atoms with Crippen LogP contribution in [0.25, 0.3) is 0 Å². The van der Waals surface area contributed by atoms with Crippen LogP contribution in [0.15, 0.2) is 21.1 Å². The lowest BCUT2D eigenvalue weighted by molar-refractivity contribution is 0.0811. The van der Waals surface area contributed by atoms with Crippen LogP contribution in [0.4, 0.5) is 8.78 Å². The summed E-state index contributed by atoms with van der Waals surface area (Å²) < 4.78 is 30.7. The summed E-state index contributed by atoms with van der Waals surface area (Å²) >= 11 is 6.68. The highest BCUT2D eigenvalue weighted by Gasteiger charge is 2.13. The Balaban J connectivity index is 2.79. The topological polar surface area (TPSA) is 21.3 Å². The zero-order chi connectivity index (χ0) is 14.6. The highest BCUT2D eigenvalue weighted by molar-refractivity contribution is 9.11. The first-order valence-electron chi connectivity index (χ1n) is 5.83. The second-order valence-corrected chi connectivity index (χ2v) is 6.90. The Labute approximate surface area is 129 Å². The SMILES string of the molecule is CC(C)(C)NCc1cc(Br)c(OCC(F)F)c(Br)c1. The summed E-state index contributed by atoms with van der Waals surface area (Å²) in [4.78, 5) is 0. The molecule has 0 amide bonds. The first kappa shape index (κ1) is 16.9. The van der Waals surface area contributed by atoms with Crippen LogP contribution in [0, 0.1) is 0 Å². The summed E-state index contributed by atoms with van der Waals surface area (Å²) in [7, 11) is 0. The number of halogens is 4. The van der Waals surface area contributed by atoms with Crippen molar-refractivity contribution in [3.8, 4) is 5.75 Å². The Bertz CT molecular complexity index is 410. The van der Waals surface area contributed by atoms with Crippen LogP contribution in [-0.2, 0) is 6.54 Å². The van der Waals surface area contributed by atoms with Crippen LogP contribution in [0.2, 0.25) is 0 Å². The van der Waals surface area contributed by atoms with E-state index in [1.807, 2.05) is 12.1 Å².